The second-order valence-electron chi connectivity index (χ2n) is 7.23. The average Bonchev–Trinajstić information content (AvgIpc) is 2.76. The Kier molecular flexibility index (Phi) is 5.35. The molecule has 1 aliphatic heterocycles. The third-order valence-corrected chi connectivity index (χ3v) is 5.38. The first kappa shape index (κ1) is 19.8. The Bertz CT molecular complexity index is 1140. The van der Waals surface area contributed by atoms with Crippen molar-refractivity contribution in [3.05, 3.63) is 64.9 Å². The fraction of sp³-hybridized carbons (Fsp3) is 0.304. The molecule has 0 radical (unpaired) electrons. The molecule has 3 aromatic rings. The molecule has 0 saturated carbocycles. The molecule has 0 amide bonds. The first-order valence-corrected chi connectivity index (χ1v) is 9.94. The summed E-state index contributed by atoms with van der Waals surface area (Å²) in [6.07, 6.45) is 3.64. The molecule has 2 N–H and O–H groups in total. The van der Waals surface area contributed by atoms with Crippen LogP contribution in [0.2, 0.25) is 0 Å². The van der Waals surface area contributed by atoms with Gasteiger partial charge in [-0.05, 0) is 30.2 Å². The Morgan fingerprint density at radius 3 is 2.67 bits per heavy atom. The number of hydrogen-bond acceptors (Lipinski definition) is 6. The van der Waals surface area contributed by atoms with Crippen molar-refractivity contribution in [3.8, 4) is 28.9 Å². The van der Waals surface area contributed by atoms with Gasteiger partial charge in [-0.3, -0.25) is 5.41 Å². The van der Waals surface area contributed by atoms with Crippen LogP contribution in [-0.4, -0.2) is 28.9 Å². The zero-order chi connectivity index (χ0) is 21.3. The summed E-state index contributed by atoms with van der Waals surface area (Å²) in [5.41, 5.74) is 2.84. The summed E-state index contributed by atoms with van der Waals surface area (Å²) in [5.74, 6) is 1.97. The summed E-state index contributed by atoms with van der Waals surface area (Å²) in [4.78, 5) is 4.50. The average molecular weight is 407 g/mol. The van der Waals surface area contributed by atoms with Crippen LogP contribution < -0.4 is 19.7 Å². The molecule has 4 rings (SSSR count). The van der Waals surface area contributed by atoms with Crippen LogP contribution in [0.3, 0.4) is 0 Å². The van der Waals surface area contributed by atoms with E-state index in [4.69, 9.17) is 19.6 Å². The van der Waals surface area contributed by atoms with E-state index in [9.17, 15) is 5.11 Å². The molecule has 7 heteroatoms. The molecule has 1 aliphatic rings. The van der Waals surface area contributed by atoms with Crippen molar-refractivity contribution in [2.75, 3.05) is 14.2 Å². The van der Waals surface area contributed by atoms with Gasteiger partial charge in [-0.25, -0.2) is 4.98 Å². The first-order chi connectivity index (χ1) is 14.6. The van der Waals surface area contributed by atoms with Gasteiger partial charge in [0.25, 0.3) is 0 Å². The fourth-order valence-electron chi connectivity index (χ4n) is 3.83. The number of benzene rings is 2. The molecule has 0 aliphatic carbocycles. The van der Waals surface area contributed by atoms with Crippen molar-refractivity contribution in [2.24, 2.45) is 0 Å². The second-order valence-corrected chi connectivity index (χ2v) is 7.23. The van der Waals surface area contributed by atoms with Gasteiger partial charge in [0.15, 0.2) is 11.5 Å². The summed E-state index contributed by atoms with van der Waals surface area (Å²) in [6.45, 7) is 2.84. The van der Waals surface area contributed by atoms with Gasteiger partial charge in [-0.15, -0.1) is 0 Å². The van der Waals surface area contributed by atoms with Crippen molar-refractivity contribution in [1.29, 1.82) is 5.41 Å². The lowest BCUT2D eigenvalue weighted by Gasteiger charge is -2.29. The van der Waals surface area contributed by atoms with Crippen LogP contribution in [0, 0.1) is 5.41 Å². The van der Waals surface area contributed by atoms with Gasteiger partial charge in [0.1, 0.15) is 23.3 Å². The number of nitrogens with one attached hydrogen (secondary N) is 1. The lowest BCUT2D eigenvalue weighted by atomic mass is 9.83. The number of methoxy groups -OCH3 is 2. The topological polar surface area (TPSA) is 89.6 Å². The van der Waals surface area contributed by atoms with E-state index < -0.39 is 0 Å². The van der Waals surface area contributed by atoms with Gasteiger partial charge in [0.05, 0.1) is 19.8 Å². The third-order valence-electron chi connectivity index (χ3n) is 5.38. The molecular formula is C23H25N3O4. The molecule has 2 aromatic carbocycles. The highest BCUT2D eigenvalue weighted by Gasteiger charge is 2.32. The zero-order valence-electron chi connectivity index (χ0n) is 17.3. The Hall–Kier alpha value is -3.48. The van der Waals surface area contributed by atoms with E-state index in [1.165, 1.54) is 0 Å². The van der Waals surface area contributed by atoms with Crippen LogP contribution in [-0.2, 0) is 6.54 Å². The van der Waals surface area contributed by atoms with E-state index in [1.807, 2.05) is 28.8 Å². The molecular weight excluding hydrogens is 382 g/mol. The van der Waals surface area contributed by atoms with Crippen molar-refractivity contribution in [2.45, 2.75) is 32.2 Å². The molecule has 0 unspecified atom stereocenters. The number of unbranched alkanes of at least 4 members (excludes halogenated alkanes) is 1. The molecule has 0 saturated heterocycles. The van der Waals surface area contributed by atoms with Gasteiger partial charge < -0.3 is 23.9 Å². The van der Waals surface area contributed by atoms with Crippen LogP contribution in [0.25, 0.3) is 0 Å². The summed E-state index contributed by atoms with van der Waals surface area (Å²) in [5, 5.41) is 18.8. The predicted molar refractivity (Wildman–Crippen MR) is 112 cm³/mol. The minimum Gasteiger partial charge on any atom is -0.508 e. The molecule has 1 aromatic heterocycles. The third kappa shape index (κ3) is 3.36. The van der Waals surface area contributed by atoms with Crippen molar-refractivity contribution >= 4 is 0 Å². The summed E-state index contributed by atoms with van der Waals surface area (Å²) < 4.78 is 18.7. The highest BCUT2D eigenvalue weighted by atomic mass is 16.5. The van der Waals surface area contributed by atoms with Crippen LogP contribution in [0.1, 0.15) is 42.4 Å². The van der Waals surface area contributed by atoms with Crippen LogP contribution in [0.15, 0.2) is 42.7 Å². The number of aryl methyl sites for hydroxylation is 1. The lowest BCUT2D eigenvalue weighted by molar-refractivity contribution is 0.354. The minimum absolute atomic E-state index is 0.114. The number of rotatable bonds is 6. The summed E-state index contributed by atoms with van der Waals surface area (Å²) >= 11 is 0. The number of phenolic OH excluding ortho intramolecular Hbond substituents is 1. The Morgan fingerprint density at radius 2 is 1.93 bits per heavy atom. The van der Waals surface area contributed by atoms with Crippen LogP contribution >= 0.6 is 0 Å². The standard InChI is InChI=1S/C23H25N3O4/c1-4-5-10-26-13-25-23-21(22(26)24)20(16-8-7-15(27)12-18(16)30-23)14-6-9-17(28-2)19(11-14)29-3/h6-9,11-13,20,24,27H,4-5,10H2,1-3H3/t20-/m1/s1. The number of aromatic hydroxyl groups is 1. The van der Waals surface area contributed by atoms with E-state index >= 15 is 0 Å². The number of ether oxygens (including phenoxy) is 3. The van der Waals surface area contributed by atoms with Crippen molar-refractivity contribution < 1.29 is 19.3 Å². The maximum absolute atomic E-state index is 9.96. The smallest absolute Gasteiger partial charge is 0.228 e. The van der Waals surface area contributed by atoms with E-state index in [2.05, 4.69) is 11.9 Å². The highest BCUT2D eigenvalue weighted by molar-refractivity contribution is 5.58. The molecule has 156 valence electrons. The lowest BCUT2D eigenvalue weighted by Crippen LogP contribution is -2.29. The van der Waals surface area contributed by atoms with E-state index in [1.54, 1.807) is 32.7 Å². The monoisotopic (exact) mass is 407 g/mol. The Morgan fingerprint density at radius 1 is 1.13 bits per heavy atom. The minimum atomic E-state index is -0.293. The number of fused-ring (bicyclic) bond motifs is 2. The normalized spacial score (nSPS) is 14.4. The maximum atomic E-state index is 9.96. The predicted octanol–water partition coefficient (Wildman–Crippen LogP) is 4.17. The Labute approximate surface area is 175 Å². The molecule has 0 spiro atoms. The zero-order valence-corrected chi connectivity index (χ0v) is 17.3. The van der Waals surface area contributed by atoms with Crippen molar-refractivity contribution in [3.63, 3.8) is 0 Å². The molecule has 2 heterocycles. The largest absolute Gasteiger partial charge is 0.508 e. The van der Waals surface area contributed by atoms with Gasteiger partial charge in [0.2, 0.25) is 5.88 Å². The number of nitrogens with zero attached hydrogens (tertiary/aromatic N) is 2. The number of hydrogen-bond donors (Lipinski definition) is 2. The van der Waals surface area contributed by atoms with Gasteiger partial charge in [-0.2, -0.15) is 0 Å². The number of aromatic nitrogens is 2. The Balaban J connectivity index is 1.94. The van der Waals surface area contributed by atoms with Gasteiger partial charge in [-0.1, -0.05) is 25.5 Å². The molecule has 0 bridgehead atoms. The molecule has 0 fully saturated rings. The van der Waals surface area contributed by atoms with Crippen LogP contribution in [0.4, 0.5) is 0 Å². The summed E-state index contributed by atoms with van der Waals surface area (Å²) in [7, 11) is 3.20. The van der Waals surface area contributed by atoms with Gasteiger partial charge >= 0.3 is 0 Å². The fourth-order valence-corrected chi connectivity index (χ4v) is 3.83. The van der Waals surface area contributed by atoms with E-state index in [0.29, 0.717) is 34.2 Å². The summed E-state index contributed by atoms with van der Waals surface area (Å²) in [6, 6.07) is 10.8. The quantitative estimate of drug-likeness (QED) is 0.501. The van der Waals surface area contributed by atoms with Crippen LogP contribution in [0.5, 0.6) is 28.9 Å². The molecule has 7 nitrogen and oxygen atoms in total. The number of phenols is 1. The van der Waals surface area contributed by atoms with Crippen molar-refractivity contribution in [1.82, 2.24) is 9.55 Å². The van der Waals surface area contributed by atoms with E-state index in [-0.39, 0.29) is 11.7 Å². The first-order valence-electron chi connectivity index (χ1n) is 9.94. The van der Waals surface area contributed by atoms with E-state index in [0.717, 1.165) is 30.5 Å². The van der Waals surface area contributed by atoms with Gasteiger partial charge in [0, 0.05) is 24.1 Å². The highest BCUT2D eigenvalue weighted by Crippen LogP contribution is 2.47. The molecule has 1 atom stereocenters. The second kappa shape index (κ2) is 8.10. The SMILES string of the molecule is CCCCn1cnc2c(c1=N)[C@H](c1ccc(OC)c(OC)c1)c1ccc(O)cc1O2. The maximum Gasteiger partial charge on any atom is 0.228 e. The molecule has 30 heavy (non-hydrogen) atoms.